The van der Waals surface area contributed by atoms with Crippen LogP contribution in [0, 0.1) is 17.6 Å². The summed E-state index contributed by atoms with van der Waals surface area (Å²) in [5.74, 6) is -3.32. The average Bonchev–Trinajstić information content (AvgIpc) is 2.88. The van der Waals surface area contributed by atoms with Gasteiger partial charge in [0, 0.05) is 18.0 Å². The smallest absolute Gasteiger partial charge is 0.290 e. The number of amides is 1. The first-order valence-electron chi connectivity index (χ1n) is 8.58. The molecule has 1 aliphatic heterocycles. The van der Waals surface area contributed by atoms with Crippen molar-refractivity contribution < 1.29 is 23.5 Å². The van der Waals surface area contributed by atoms with Gasteiger partial charge >= 0.3 is 0 Å². The predicted molar refractivity (Wildman–Crippen MR) is 95.6 cm³/mol. The fourth-order valence-electron chi connectivity index (χ4n) is 3.19. The van der Waals surface area contributed by atoms with Crippen molar-refractivity contribution in [3.8, 4) is 0 Å². The summed E-state index contributed by atoms with van der Waals surface area (Å²) in [6, 6.07) is 10.3. The maximum Gasteiger partial charge on any atom is 0.290 e. The lowest BCUT2D eigenvalue weighted by Gasteiger charge is -2.27. The Balaban J connectivity index is 2.09. The van der Waals surface area contributed by atoms with Crippen molar-refractivity contribution in [1.82, 2.24) is 4.90 Å². The molecule has 3 rings (SSSR count). The Morgan fingerprint density at radius 3 is 2.33 bits per heavy atom. The molecule has 1 atom stereocenters. The fraction of sp³-hybridized carbons (Fsp3) is 0.238. The van der Waals surface area contributed by atoms with E-state index in [1.54, 1.807) is 19.9 Å². The van der Waals surface area contributed by atoms with Crippen LogP contribution in [0.3, 0.4) is 0 Å². The van der Waals surface area contributed by atoms with Crippen LogP contribution < -0.4 is 0 Å². The fourth-order valence-corrected chi connectivity index (χ4v) is 3.19. The Labute approximate surface area is 155 Å². The Hall–Kier alpha value is -3.02. The third-order valence-corrected chi connectivity index (χ3v) is 4.56. The zero-order chi connectivity index (χ0) is 19.7. The van der Waals surface area contributed by atoms with Crippen molar-refractivity contribution in [2.75, 3.05) is 0 Å². The lowest BCUT2D eigenvalue weighted by Crippen LogP contribution is -2.31. The lowest BCUT2D eigenvalue weighted by atomic mass is 9.91. The van der Waals surface area contributed by atoms with Gasteiger partial charge in [-0.3, -0.25) is 9.59 Å². The predicted octanol–water partition coefficient (Wildman–Crippen LogP) is 4.09. The standard InChI is InChI=1S/C21H19F2NO3/c1-12(2)19(25)17-18(15-5-3-4-6-16(15)23)24(21(27)20(17)26)11-13-7-9-14(22)10-8-13/h3-10,12,18,26H,11H2,1-2H3. The van der Waals surface area contributed by atoms with E-state index in [9.17, 15) is 23.5 Å². The van der Waals surface area contributed by atoms with Crippen molar-refractivity contribution in [1.29, 1.82) is 0 Å². The zero-order valence-corrected chi connectivity index (χ0v) is 14.9. The topological polar surface area (TPSA) is 57.6 Å². The van der Waals surface area contributed by atoms with E-state index in [1.165, 1.54) is 47.4 Å². The summed E-state index contributed by atoms with van der Waals surface area (Å²) in [6.45, 7) is 3.29. The van der Waals surface area contributed by atoms with Gasteiger partial charge in [0.15, 0.2) is 11.5 Å². The van der Waals surface area contributed by atoms with E-state index in [2.05, 4.69) is 0 Å². The average molecular weight is 371 g/mol. The molecule has 1 amide bonds. The summed E-state index contributed by atoms with van der Waals surface area (Å²) in [5, 5.41) is 10.4. The molecule has 1 heterocycles. The van der Waals surface area contributed by atoms with Crippen LogP contribution in [0.25, 0.3) is 0 Å². The van der Waals surface area contributed by atoms with Gasteiger partial charge in [0.2, 0.25) is 0 Å². The van der Waals surface area contributed by atoms with Gasteiger partial charge in [0.25, 0.3) is 5.91 Å². The second-order valence-electron chi connectivity index (χ2n) is 6.76. The van der Waals surface area contributed by atoms with Gasteiger partial charge in [-0.1, -0.05) is 44.2 Å². The van der Waals surface area contributed by atoms with Crippen LogP contribution in [0.4, 0.5) is 8.78 Å². The van der Waals surface area contributed by atoms with Crippen LogP contribution in [0.5, 0.6) is 0 Å². The normalized spacial score (nSPS) is 17.1. The first kappa shape index (κ1) is 18.8. The second kappa shape index (κ2) is 7.31. The maximum atomic E-state index is 14.5. The highest BCUT2D eigenvalue weighted by Crippen LogP contribution is 2.40. The minimum absolute atomic E-state index is 0.00293. The second-order valence-corrected chi connectivity index (χ2v) is 6.76. The van der Waals surface area contributed by atoms with Crippen LogP contribution >= 0.6 is 0 Å². The number of ketones is 1. The van der Waals surface area contributed by atoms with Gasteiger partial charge in [0.05, 0.1) is 11.6 Å². The van der Waals surface area contributed by atoms with Gasteiger partial charge in [-0.05, 0) is 23.8 Å². The van der Waals surface area contributed by atoms with Crippen molar-refractivity contribution in [3.05, 3.63) is 82.6 Å². The van der Waals surface area contributed by atoms with E-state index in [0.717, 1.165) is 0 Å². The van der Waals surface area contributed by atoms with E-state index in [-0.39, 0.29) is 17.7 Å². The van der Waals surface area contributed by atoms with Gasteiger partial charge in [-0.25, -0.2) is 8.78 Å². The molecule has 0 bridgehead atoms. The Kier molecular flexibility index (Phi) is 5.08. The molecule has 27 heavy (non-hydrogen) atoms. The quantitative estimate of drug-likeness (QED) is 0.861. The van der Waals surface area contributed by atoms with Gasteiger partial charge < -0.3 is 10.0 Å². The zero-order valence-electron chi connectivity index (χ0n) is 14.9. The Morgan fingerprint density at radius 1 is 1.11 bits per heavy atom. The van der Waals surface area contributed by atoms with Crippen molar-refractivity contribution in [3.63, 3.8) is 0 Å². The summed E-state index contributed by atoms with van der Waals surface area (Å²) in [4.78, 5) is 26.6. The summed E-state index contributed by atoms with van der Waals surface area (Å²) in [6.07, 6.45) is 0. The molecule has 2 aromatic rings. The molecule has 1 unspecified atom stereocenters. The molecule has 0 aliphatic carbocycles. The Morgan fingerprint density at radius 2 is 1.74 bits per heavy atom. The summed E-state index contributed by atoms with van der Waals surface area (Å²) in [5.41, 5.74) is 0.611. The van der Waals surface area contributed by atoms with Crippen molar-refractivity contribution in [2.45, 2.75) is 26.4 Å². The highest BCUT2D eigenvalue weighted by molar-refractivity contribution is 6.09. The molecule has 4 nitrogen and oxygen atoms in total. The minimum atomic E-state index is -1.04. The number of nitrogens with zero attached hydrogens (tertiary/aromatic N) is 1. The van der Waals surface area contributed by atoms with Gasteiger partial charge in [0.1, 0.15) is 11.6 Å². The number of halogens is 2. The molecular formula is C21H19F2NO3. The van der Waals surface area contributed by atoms with Gasteiger partial charge in [-0.15, -0.1) is 0 Å². The number of Topliss-reactive ketones (excluding diaryl/α,β-unsaturated/α-hetero) is 1. The number of hydrogen-bond donors (Lipinski definition) is 1. The molecule has 1 N–H and O–H groups in total. The molecule has 0 saturated carbocycles. The highest BCUT2D eigenvalue weighted by Gasteiger charge is 2.44. The number of hydrogen-bond acceptors (Lipinski definition) is 3. The molecule has 140 valence electrons. The third-order valence-electron chi connectivity index (χ3n) is 4.56. The van der Waals surface area contributed by atoms with Crippen LogP contribution in [0.15, 0.2) is 59.9 Å². The SMILES string of the molecule is CC(C)C(=O)C1=C(O)C(=O)N(Cc2ccc(F)cc2)C1c1ccccc1F. The number of benzene rings is 2. The summed E-state index contributed by atoms with van der Waals surface area (Å²) in [7, 11) is 0. The van der Waals surface area contributed by atoms with Crippen LogP contribution in [-0.2, 0) is 16.1 Å². The number of carbonyl (C=O) groups excluding carboxylic acids is 2. The molecule has 0 spiro atoms. The molecule has 0 aromatic heterocycles. The molecule has 6 heteroatoms. The first-order valence-corrected chi connectivity index (χ1v) is 8.58. The number of carbonyl (C=O) groups is 2. The molecule has 0 radical (unpaired) electrons. The largest absolute Gasteiger partial charge is 0.503 e. The minimum Gasteiger partial charge on any atom is -0.503 e. The number of rotatable bonds is 5. The Bertz CT molecular complexity index is 919. The van der Waals surface area contributed by atoms with Crippen LogP contribution in [-0.4, -0.2) is 21.7 Å². The van der Waals surface area contributed by atoms with E-state index in [1.807, 2.05) is 0 Å². The number of aliphatic hydroxyl groups excluding tert-OH is 1. The lowest BCUT2D eigenvalue weighted by molar-refractivity contribution is -0.130. The summed E-state index contributed by atoms with van der Waals surface area (Å²) >= 11 is 0. The van der Waals surface area contributed by atoms with Crippen molar-refractivity contribution in [2.24, 2.45) is 5.92 Å². The molecule has 1 aliphatic rings. The van der Waals surface area contributed by atoms with E-state index in [4.69, 9.17) is 0 Å². The van der Waals surface area contributed by atoms with E-state index < -0.39 is 41.0 Å². The van der Waals surface area contributed by atoms with E-state index >= 15 is 0 Å². The molecule has 2 aromatic carbocycles. The molecular weight excluding hydrogens is 352 g/mol. The monoisotopic (exact) mass is 371 g/mol. The van der Waals surface area contributed by atoms with Gasteiger partial charge in [-0.2, -0.15) is 0 Å². The van der Waals surface area contributed by atoms with Crippen LogP contribution in [0.2, 0.25) is 0 Å². The first-order chi connectivity index (χ1) is 12.8. The van der Waals surface area contributed by atoms with Crippen molar-refractivity contribution >= 4 is 11.7 Å². The molecule has 0 fully saturated rings. The summed E-state index contributed by atoms with van der Waals surface area (Å²) < 4.78 is 27.7. The van der Waals surface area contributed by atoms with Crippen LogP contribution in [0.1, 0.15) is 31.0 Å². The number of aliphatic hydroxyl groups is 1. The van der Waals surface area contributed by atoms with E-state index in [0.29, 0.717) is 5.56 Å². The highest BCUT2D eigenvalue weighted by atomic mass is 19.1. The maximum absolute atomic E-state index is 14.5. The molecule has 0 saturated heterocycles. The third kappa shape index (κ3) is 3.47.